The van der Waals surface area contributed by atoms with Gasteiger partial charge in [0.2, 0.25) is 0 Å². The molecule has 0 unspecified atom stereocenters. The molecule has 8 heteroatoms. The molecule has 0 fully saturated rings. The van der Waals surface area contributed by atoms with Gasteiger partial charge in [-0.05, 0) is 65.7 Å². The van der Waals surface area contributed by atoms with Crippen LogP contribution in [0.2, 0.25) is 0 Å². The van der Waals surface area contributed by atoms with Crippen molar-refractivity contribution in [2.75, 3.05) is 25.1 Å². The standard InChI is InChI=1S/C20H23N5O3/c1-3-27-9-10-28-13-16-5-4-6-18(12-16)22-20(26)17-7-8-19(15(2)11-17)25-14-21-23-24-25/h4-8,11-12,14H,3,9-10,13H2,1-2H3,(H,22,26). The Hall–Kier alpha value is -3.10. The van der Waals surface area contributed by atoms with Gasteiger partial charge in [-0.15, -0.1) is 5.10 Å². The zero-order chi connectivity index (χ0) is 19.8. The fraction of sp³-hybridized carbons (Fsp3) is 0.300. The van der Waals surface area contributed by atoms with E-state index >= 15 is 0 Å². The molecule has 0 saturated heterocycles. The number of nitrogens with zero attached hydrogens (tertiary/aromatic N) is 4. The molecule has 0 aliphatic carbocycles. The summed E-state index contributed by atoms with van der Waals surface area (Å²) < 4.78 is 12.4. The van der Waals surface area contributed by atoms with E-state index in [0.29, 0.717) is 32.0 Å². The molecule has 2 aromatic carbocycles. The van der Waals surface area contributed by atoms with Gasteiger partial charge >= 0.3 is 0 Å². The molecule has 3 aromatic rings. The van der Waals surface area contributed by atoms with Gasteiger partial charge in [0.25, 0.3) is 5.91 Å². The number of anilines is 1. The third kappa shape index (κ3) is 5.21. The molecule has 0 spiro atoms. The monoisotopic (exact) mass is 381 g/mol. The van der Waals surface area contributed by atoms with Crippen LogP contribution in [0.3, 0.4) is 0 Å². The minimum atomic E-state index is -0.180. The van der Waals surface area contributed by atoms with Crippen LogP contribution in [0.5, 0.6) is 0 Å². The summed E-state index contributed by atoms with van der Waals surface area (Å²) >= 11 is 0. The molecule has 3 rings (SSSR count). The first-order valence-electron chi connectivity index (χ1n) is 9.07. The molecule has 28 heavy (non-hydrogen) atoms. The van der Waals surface area contributed by atoms with Gasteiger partial charge in [-0.1, -0.05) is 12.1 Å². The van der Waals surface area contributed by atoms with Crippen LogP contribution in [0.15, 0.2) is 48.8 Å². The van der Waals surface area contributed by atoms with Crippen LogP contribution in [0.25, 0.3) is 5.69 Å². The Labute approximate surface area is 163 Å². The highest BCUT2D eigenvalue weighted by Gasteiger charge is 2.10. The number of hydrogen-bond donors (Lipinski definition) is 1. The molecule has 0 aliphatic rings. The third-order valence-electron chi connectivity index (χ3n) is 4.08. The SMILES string of the molecule is CCOCCOCc1cccc(NC(=O)c2ccc(-n3cnnn3)c(C)c2)c1. The van der Waals surface area contributed by atoms with E-state index in [1.807, 2.05) is 50.2 Å². The molecule has 1 N–H and O–H groups in total. The van der Waals surface area contributed by atoms with Gasteiger partial charge in [0.15, 0.2) is 0 Å². The number of aryl methyl sites for hydroxylation is 1. The molecule has 0 radical (unpaired) electrons. The van der Waals surface area contributed by atoms with Gasteiger partial charge in [0.1, 0.15) is 6.33 Å². The van der Waals surface area contributed by atoms with Gasteiger partial charge in [-0.3, -0.25) is 4.79 Å². The molecule has 1 amide bonds. The van der Waals surface area contributed by atoms with Crippen LogP contribution in [0.1, 0.15) is 28.4 Å². The number of ether oxygens (including phenoxy) is 2. The van der Waals surface area contributed by atoms with Crippen molar-refractivity contribution in [3.8, 4) is 5.69 Å². The third-order valence-corrected chi connectivity index (χ3v) is 4.08. The predicted octanol–water partition coefficient (Wildman–Crippen LogP) is 2.78. The lowest BCUT2D eigenvalue weighted by Crippen LogP contribution is -2.13. The Morgan fingerprint density at radius 2 is 2.00 bits per heavy atom. The molecule has 8 nitrogen and oxygen atoms in total. The summed E-state index contributed by atoms with van der Waals surface area (Å²) in [6.07, 6.45) is 1.52. The fourth-order valence-corrected chi connectivity index (χ4v) is 2.72. The minimum absolute atomic E-state index is 0.180. The lowest BCUT2D eigenvalue weighted by molar-refractivity contribution is 0.0453. The van der Waals surface area contributed by atoms with Gasteiger partial charge in [-0.25, -0.2) is 4.68 Å². The molecular weight excluding hydrogens is 358 g/mol. The Morgan fingerprint density at radius 3 is 2.75 bits per heavy atom. The smallest absolute Gasteiger partial charge is 0.255 e. The second-order valence-corrected chi connectivity index (χ2v) is 6.16. The first-order chi connectivity index (χ1) is 13.7. The van der Waals surface area contributed by atoms with Crippen LogP contribution in [-0.2, 0) is 16.1 Å². The maximum atomic E-state index is 12.6. The van der Waals surface area contributed by atoms with Crippen LogP contribution in [0.4, 0.5) is 5.69 Å². The molecule has 0 saturated carbocycles. The summed E-state index contributed by atoms with van der Waals surface area (Å²) in [5.41, 5.74) is 3.99. The number of benzene rings is 2. The number of aromatic nitrogens is 4. The largest absolute Gasteiger partial charge is 0.379 e. The normalized spacial score (nSPS) is 10.8. The molecule has 1 aromatic heterocycles. The first kappa shape index (κ1) is 19.7. The van der Waals surface area contributed by atoms with Gasteiger partial charge in [0.05, 0.1) is 25.5 Å². The maximum Gasteiger partial charge on any atom is 0.255 e. The number of amides is 1. The number of rotatable bonds is 9. The number of nitrogens with one attached hydrogen (secondary N) is 1. The van der Waals surface area contributed by atoms with E-state index < -0.39 is 0 Å². The highest BCUT2D eigenvalue weighted by molar-refractivity contribution is 6.04. The van der Waals surface area contributed by atoms with E-state index in [9.17, 15) is 4.79 Å². The number of hydrogen-bond acceptors (Lipinski definition) is 6. The van der Waals surface area contributed by atoms with E-state index in [1.54, 1.807) is 10.7 Å². The van der Waals surface area contributed by atoms with Crippen molar-refractivity contribution in [1.29, 1.82) is 0 Å². The van der Waals surface area contributed by atoms with Crippen molar-refractivity contribution < 1.29 is 14.3 Å². The quantitative estimate of drug-likeness (QED) is 0.573. The lowest BCUT2D eigenvalue weighted by Gasteiger charge is -2.10. The fourth-order valence-electron chi connectivity index (χ4n) is 2.72. The Bertz CT molecular complexity index is 912. The van der Waals surface area contributed by atoms with Crippen molar-refractivity contribution >= 4 is 11.6 Å². The van der Waals surface area contributed by atoms with Crippen molar-refractivity contribution in [3.05, 3.63) is 65.5 Å². The number of carbonyl (C=O) groups excluding carboxylic acids is 1. The summed E-state index contributed by atoms with van der Waals surface area (Å²) in [7, 11) is 0. The highest BCUT2D eigenvalue weighted by atomic mass is 16.5. The van der Waals surface area contributed by atoms with Crippen LogP contribution in [0, 0.1) is 6.92 Å². The van der Waals surface area contributed by atoms with E-state index in [1.165, 1.54) is 6.33 Å². The second kappa shape index (κ2) is 9.72. The minimum Gasteiger partial charge on any atom is -0.379 e. The summed E-state index contributed by atoms with van der Waals surface area (Å²) in [6.45, 7) is 6.13. The van der Waals surface area contributed by atoms with Crippen molar-refractivity contribution in [2.45, 2.75) is 20.5 Å². The van der Waals surface area contributed by atoms with Gasteiger partial charge in [0, 0.05) is 17.9 Å². The number of tetrazole rings is 1. The Kier molecular flexibility index (Phi) is 6.83. The van der Waals surface area contributed by atoms with Crippen molar-refractivity contribution in [3.63, 3.8) is 0 Å². The van der Waals surface area contributed by atoms with Crippen LogP contribution >= 0.6 is 0 Å². The zero-order valence-electron chi connectivity index (χ0n) is 16.0. The summed E-state index contributed by atoms with van der Waals surface area (Å²) in [6, 6.07) is 13.0. The van der Waals surface area contributed by atoms with E-state index in [-0.39, 0.29) is 5.91 Å². The maximum absolute atomic E-state index is 12.6. The average molecular weight is 381 g/mol. The van der Waals surface area contributed by atoms with E-state index in [4.69, 9.17) is 9.47 Å². The highest BCUT2D eigenvalue weighted by Crippen LogP contribution is 2.17. The Balaban J connectivity index is 1.61. The molecular formula is C20H23N5O3. The van der Waals surface area contributed by atoms with Gasteiger partial charge in [-0.2, -0.15) is 0 Å². The van der Waals surface area contributed by atoms with Crippen LogP contribution in [-0.4, -0.2) is 45.9 Å². The van der Waals surface area contributed by atoms with E-state index in [0.717, 1.165) is 22.5 Å². The molecule has 0 aliphatic heterocycles. The summed E-state index contributed by atoms with van der Waals surface area (Å²) in [4.78, 5) is 12.6. The summed E-state index contributed by atoms with van der Waals surface area (Å²) in [5, 5.41) is 14.1. The molecule has 0 atom stereocenters. The van der Waals surface area contributed by atoms with Crippen molar-refractivity contribution in [1.82, 2.24) is 20.2 Å². The molecule has 1 heterocycles. The van der Waals surface area contributed by atoms with Crippen LogP contribution < -0.4 is 5.32 Å². The molecule has 0 bridgehead atoms. The van der Waals surface area contributed by atoms with E-state index in [2.05, 4.69) is 20.8 Å². The average Bonchev–Trinajstić information content (AvgIpc) is 3.22. The zero-order valence-corrected chi connectivity index (χ0v) is 16.0. The van der Waals surface area contributed by atoms with Gasteiger partial charge < -0.3 is 14.8 Å². The Morgan fingerprint density at radius 1 is 1.14 bits per heavy atom. The topological polar surface area (TPSA) is 91.2 Å². The molecule has 146 valence electrons. The number of carbonyl (C=O) groups is 1. The summed E-state index contributed by atoms with van der Waals surface area (Å²) in [5.74, 6) is -0.180. The van der Waals surface area contributed by atoms with Crippen molar-refractivity contribution in [2.24, 2.45) is 0 Å². The lowest BCUT2D eigenvalue weighted by atomic mass is 10.1. The second-order valence-electron chi connectivity index (χ2n) is 6.16. The first-order valence-corrected chi connectivity index (χ1v) is 9.07. The predicted molar refractivity (Wildman–Crippen MR) is 104 cm³/mol.